The number of anilines is 2. The van der Waals surface area contributed by atoms with E-state index in [4.69, 9.17) is 4.74 Å². The van der Waals surface area contributed by atoms with Crippen molar-refractivity contribution in [1.82, 2.24) is 4.98 Å². The van der Waals surface area contributed by atoms with E-state index in [1.54, 1.807) is 30.5 Å². The van der Waals surface area contributed by atoms with Crippen LogP contribution >= 0.6 is 0 Å². The van der Waals surface area contributed by atoms with Crippen LogP contribution in [0.25, 0.3) is 11.3 Å². The summed E-state index contributed by atoms with van der Waals surface area (Å²) in [5.74, 6) is -0.535. The number of carbonyl (C=O) groups excluding carboxylic acids is 1. The van der Waals surface area contributed by atoms with Crippen LogP contribution in [0.5, 0.6) is 0 Å². The van der Waals surface area contributed by atoms with Crippen molar-refractivity contribution in [1.29, 1.82) is 0 Å². The van der Waals surface area contributed by atoms with Crippen LogP contribution in [0, 0.1) is 10.1 Å². The molecule has 1 fully saturated rings. The number of hydrogen-bond acceptors (Lipinski definition) is 6. The molecule has 1 aliphatic rings. The fourth-order valence-corrected chi connectivity index (χ4v) is 3.50. The third-order valence-corrected chi connectivity index (χ3v) is 4.91. The number of pyridine rings is 1. The van der Waals surface area contributed by atoms with Crippen molar-refractivity contribution >= 4 is 23.0 Å². The van der Waals surface area contributed by atoms with E-state index in [-0.39, 0.29) is 11.3 Å². The Morgan fingerprint density at radius 3 is 2.53 bits per heavy atom. The van der Waals surface area contributed by atoms with Crippen molar-refractivity contribution < 1.29 is 14.5 Å². The van der Waals surface area contributed by atoms with Gasteiger partial charge in [-0.3, -0.25) is 19.9 Å². The lowest BCUT2D eigenvalue weighted by molar-refractivity contribution is -0.385. The van der Waals surface area contributed by atoms with E-state index in [2.05, 4.69) is 10.3 Å². The van der Waals surface area contributed by atoms with Gasteiger partial charge in [0.25, 0.3) is 11.6 Å². The first-order valence-corrected chi connectivity index (χ1v) is 9.57. The zero-order valence-electron chi connectivity index (χ0n) is 16.2. The quantitative estimate of drug-likeness (QED) is 0.514. The Balaban J connectivity index is 1.73. The van der Waals surface area contributed by atoms with E-state index in [1.165, 1.54) is 6.07 Å². The molecule has 0 aliphatic carbocycles. The number of aromatic nitrogens is 1. The van der Waals surface area contributed by atoms with E-state index in [0.717, 1.165) is 5.56 Å². The minimum Gasteiger partial charge on any atom is -0.378 e. The maximum atomic E-state index is 13.3. The normalized spacial score (nSPS) is 13.7. The minimum atomic E-state index is -0.535. The summed E-state index contributed by atoms with van der Waals surface area (Å²) >= 11 is 0. The Hall–Kier alpha value is -3.78. The zero-order chi connectivity index (χ0) is 20.9. The van der Waals surface area contributed by atoms with Crippen LogP contribution in [0.4, 0.5) is 17.1 Å². The monoisotopic (exact) mass is 404 g/mol. The van der Waals surface area contributed by atoms with Gasteiger partial charge in [0, 0.05) is 30.9 Å². The molecular weight excluding hydrogens is 384 g/mol. The summed E-state index contributed by atoms with van der Waals surface area (Å²) in [5.41, 5.74) is 2.31. The highest BCUT2D eigenvalue weighted by Crippen LogP contribution is 2.32. The molecule has 1 N–H and O–H groups in total. The standard InChI is InChI=1S/C22H20N4O4/c27-22(24-18-8-2-1-6-16(18)17-7-3-4-11-23-17)21-19(25-12-14-30-15-13-25)9-5-10-20(21)26(28)29/h1-11H,12-15H2,(H,24,27). The number of morpholine rings is 1. The molecule has 8 heteroatoms. The van der Waals surface area contributed by atoms with Crippen molar-refractivity contribution in [3.8, 4) is 11.3 Å². The molecule has 1 saturated heterocycles. The van der Waals surface area contributed by atoms with E-state index in [1.807, 2.05) is 35.2 Å². The Morgan fingerprint density at radius 1 is 1.03 bits per heavy atom. The van der Waals surface area contributed by atoms with Gasteiger partial charge in [0.05, 0.1) is 35.2 Å². The number of nitrogens with one attached hydrogen (secondary N) is 1. The maximum absolute atomic E-state index is 13.3. The van der Waals surface area contributed by atoms with Crippen LogP contribution in [0.3, 0.4) is 0 Å². The number of para-hydroxylation sites is 1. The van der Waals surface area contributed by atoms with E-state index < -0.39 is 10.8 Å². The van der Waals surface area contributed by atoms with Crippen molar-refractivity contribution in [2.24, 2.45) is 0 Å². The molecule has 0 atom stereocenters. The molecule has 1 amide bonds. The number of hydrogen-bond donors (Lipinski definition) is 1. The van der Waals surface area contributed by atoms with Crippen LogP contribution in [-0.4, -0.2) is 42.1 Å². The molecule has 4 rings (SSSR count). The molecule has 1 aromatic heterocycles. The summed E-state index contributed by atoms with van der Waals surface area (Å²) < 4.78 is 5.38. The summed E-state index contributed by atoms with van der Waals surface area (Å²) in [5, 5.41) is 14.5. The minimum absolute atomic E-state index is 0.0419. The summed E-state index contributed by atoms with van der Waals surface area (Å²) in [6, 6.07) is 17.4. The van der Waals surface area contributed by atoms with Gasteiger partial charge in [0.1, 0.15) is 5.56 Å². The average Bonchev–Trinajstić information content (AvgIpc) is 2.80. The molecule has 2 aromatic carbocycles. The van der Waals surface area contributed by atoms with Crippen molar-refractivity contribution in [2.75, 3.05) is 36.5 Å². The number of ether oxygens (including phenoxy) is 1. The summed E-state index contributed by atoms with van der Waals surface area (Å²) in [4.78, 5) is 30.7. The van der Waals surface area contributed by atoms with Crippen LogP contribution in [-0.2, 0) is 4.74 Å². The van der Waals surface area contributed by atoms with Crippen molar-refractivity contribution in [3.63, 3.8) is 0 Å². The van der Waals surface area contributed by atoms with Gasteiger partial charge in [-0.2, -0.15) is 0 Å². The molecule has 8 nitrogen and oxygen atoms in total. The van der Waals surface area contributed by atoms with E-state index >= 15 is 0 Å². The fraction of sp³-hybridized carbons (Fsp3) is 0.182. The molecule has 2 heterocycles. The second-order valence-electron chi connectivity index (χ2n) is 6.74. The number of benzene rings is 2. The lowest BCUT2D eigenvalue weighted by Crippen LogP contribution is -2.37. The predicted molar refractivity (Wildman–Crippen MR) is 114 cm³/mol. The third kappa shape index (κ3) is 3.99. The zero-order valence-corrected chi connectivity index (χ0v) is 16.2. The first-order chi connectivity index (χ1) is 14.6. The SMILES string of the molecule is O=C(Nc1ccccc1-c1ccccn1)c1c(N2CCOCC2)cccc1[N+](=O)[O-]. The molecule has 0 saturated carbocycles. The second-order valence-corrected chi connectivity index (χ2v) is 6.74. The van der Waals surface area contributed by atoms with Crippen LogP contribution in [0.2, 0.25) is 0 Å². The van der Waals surface area contributed by atoms with Crippen LogP contribution in [0.15, 0.2) is 66.9 Å². The highest BCUT2D eigenvalue weighted by atomic mass is 16.6. The molecule has 0 bridgehead atoms. The van der Waals surface area contributed by atoms with Gasteiger partial charge >= 0.3 is 0 Å². The topological polar surface area (TPSA) is 97.6 Å². The molecule has 30 heavy (non-hydrogen) atoms. The van der Waals surface area contributed by atoms with Gasteiger partial charge < -0.3 is 15.0 Å². The number of nitrogens with zero attached hydrogens (tertiary/aromatic N) is 3. The summed E-state index contributed by atoms with van der Waals surface area (Å²) in [7, 11) is 0. The van der Waals surface area contributed by atoms with Gasteiger partial charge in [0.2, 0.25) is 0 Å². The summed E-state index contributed by atoms with van der Waals surface area (Å²) in [6.07, 6.45) is 1.67. The molecule has 1 aliphatic heterocycles. The highest BCUT2D eigenvalue weighted by Gasteiger charge is 2.28. The molecule has 3 aromatic rings. The third-order valence-electron chi connectivity index (χ3n) is 4.91. The van der Waals surface area contributed by atoms with Crippen LogP contribution in [0.1, 0.15) is 10.4 Å². The number of nitro groups is 1. The van der Waals surface area contributed by atoms with Gasteiger partial charge in [-0.25, -0.2) is 0 Å². The smallest absolute Gasteiger partial charge is 0.284 e. The lowest BCUT2D eigenvalue weighted by atomic mass is 10.1. The number of carbonyl (C=O) groups is 1. The molecule has 0 unspecified atom stereocenters. The largest absolute Gasteiger partial charge is 0.378 e. The Morgan fingerprint density at radius 2 is 1.80 bits per heavy atom. The number of rotatable bonds is 5. The van der Waals surface area contributed by atoms with Gasteiger partial charge in [-0.15, -0.1) is 0 Å². The lowest BCUT2D eigenvalue weighted by Gasteiger charge is -2.30. The van der Waals surface area contributed by atoms with E-state index in [0.29, 0.717) is 43.4 Å². The van der Waals surface area contributed by atoms with Gasteiger partial charge in [-0.05, 0) is 24.3 Å². The van der Waals surface area contributed by atoms with Crippen molar-refractivity contribution in [2.45, 2.75) is 0 Å². The van der Waals surface area contributed by atoms with Gasteiger partial charge in [-0.1, -0.05) is 30.3 Å². The Bertz CT molecular complexity index is 1070. The summed E-state index contributed by atoms with van der Waals surface area (Å²) in [6.45, 7) is 2.14. The molecule has 0 radical (unpaired) electrons. The number of amides is 1. The fourth-order valence-electron chi connectivity index (χ4n) is 3.50. The molecule has 152 valence electrons. The van der Waals surface area contributed by atoms with Crippen LogP contribution < -0.4 is 10.2 Å². The average molecular weight is 404 g/mol. The van der Waals surface area contributed by atoms with Gasteiger partial charge in [0.15, 0.2) is 0 Å². The first kappa shape index (κ1) is 19.5. The Labute approximate surface area is 173 Å². The van der Waals surface area contributed by atoms with E-state index in [9.17, 15) is 14.9 Å². The van der Waals surface area contributed by atoms with Crippen molar-refractivity contribution in [3.05, 3.63) is 82.5 Å². The number of nitro benzene ring substituents is 1. The predicted octanol–water partition coefficient (Wildman–Crippen LogP) is 3.75. The maximum Gasteiger partial charge on any atom is 0.284 e. The molecular formula is C22H20N4O4. The molecule has 0 spiro atoms. The Kier molecular flexibility index (Phi) is 5.67. The highest BCUT2D eigenvalue weighted by molar-refractivity contribution is 6.12. The first-order valence-electron chi connectivity index (χ1n) is 9.57. The second kappa shape index (κ2) is 8.71.